The third-order valence-electron chi connectivity index (χ3n) is 3.27. The first-order valence-corrected chi connectivity index (χ1v) is 6.93. The highest BCUT2D eigenvalue weighted by Gasteiger charge is 2.41. The molecule has 0 saturated carbocycles. The topological polar surface area (TPSA) is 41.6 Å². The Bertz CT molecular complexity index is 366. The van der Waals surface area contributed by atoms with Crippen LogP contribution in [0.25, 0.3) is 0 Å². The molecule has 1 heterocycles. The molecule has 0 amide bonds. The first kappa shape index (κ1) is 17.2. The summed E-state index contributed by atoms with van der Waals surface area (Å²) in [5, 5.41) is 0. The quantitative estimate of drug-likeness (QED) is 0.791. The van der Waals surface area contributed by atoms with Crippen molar-refractivity contribution in [1.29, 1.82) is 0 Å². The zero-order chi connectivity index (χ0) is 15.3. The van der Waals surface area contributed by atoms with Gasteiger partial charge in [-0.3, -0.25) is 9.89 Å². The van der Waals surface area contributed by atoms with Crippen molar-refractivity contribution < 1.29 is 13.2 Å². The van der Waals surface area contributed by atoms with Gasteiger partial charge in [0.2, 0.25) is 0 Å². The normalized spacial score (nSPS) is 20.9. The average molecular weight is 291 g/mol. The summed E-state index contributed by atoms with van der Waals surface area (Å²) < 4.78 is 41.8. The van der Waals surface area contributed by atoms with E-state index in [1.807, 2.05) is 0 Å². The van der Waals surface area contributed by atoms with Crippen LogP contribution in [0.3, 0.4) is 0 Å². The zero-order valence-electron chi connectivity index (χ0n) is 12.4. The Morgan fingerprint density at radius 1 is 1.40 bits per heavy atom. The number of piperidine rings is 1. The number of alkyl halides is 3. The van der Waals surface area contributed by atoms with E-state index >= 15 is 0 Å². The number of rotatable bonds is 5. The summed E-state index contributed by atoms with van der Waals surface area (Å²) in [5.74, 6) is -3.26. The summed E-state index contributed by atoms with van der Waals surface area (Å²) in [6.07, 6.45) is 0.905. The lowest BCUT2D eigenvalue weighted by atomic mass is 10.0. The Kier molecular flexibility index (Phi) is 6.20. The van der Waals surface area contributed by atoms with Gasteiger partial charge in [0.1, 0.15) is 11.9 Å². The highest BCUT2D eigenvalue weighted by atomic mass is 19.3. The molecule has 0 aromatic heterocycles. The molecule has 1 atom stereocenters. The monoisotopic (exact) mass is 291 g/mol. The number of hydrogen-bond donors (Lipinski definition) is 1. The van der Waals surface area contributed by atoms with E-state index in [9.17, 15) is 13.2 Å². The van der Waals surface area contributed by atoms with E-state index in [1.54, 1.807) is 18.7 Å². The molecule has 0 spiro atoms. The Hall–Kier alpha value is -0.880. The highest BCUT2D eigenvalue weighted by Crippen LogP contribution is 2.23. The molecule has 0 aromatic carbocycles. The van der Waals surface area contributed by atoms with Gasteiger partial charge in [-0.05, 0) is 46.7 Å². The van der Waals surface area contributed by atoms with Crippen molar-refractivity contribution >= 4 is 5.71 Å². The largest absolute Gasteiger partial charge is 0.328 e. The molecule has 2 N–H and O–H groups in total. The summed E-state index contributed by atoms with van der Waals surface area (Å²) in [6, 6.07) is 0.0822. The van der Waals surface area contributed by atoms with E-state index < -0.39 is 24.4 Å². The number of halogens is 3. The van der Waals surface area contributed by atoms with Gasteiger partial charge in [-0.1, -0.05) is 5.57 Å². The molecule has 0 radical (unpaired) electrons. The minimum absolute atomic E-state index is 0.0822. The molecule has 0 aliphatic carbocycles. The summed E-state index contributed by atoms with van der Waals surface area (Å²) in [6.45, 7) is 5.10. The van der Waals surface area contributed by atoms with Gasteiger partial charge in [-0.2, -0.15) is 8.78 Å². The van der Waals surface area contributed by atoms with Gasteiger partial charge in [0.05, 0.1) is 6.54 Å². The fraction of sp³-hybridized carbons (Fsp3) is 0.786. The van der Waals surface area contributed by atoms with E-state index in [0.29, 0.717) is 25.9 Å². The van der Waals surface area contributed by atoms with Crippen molar-refractivity contribution in [3.8, 4) is 0 Å². The second kappa shape index (κ2) is 7.22. The molecule has 3 nitrogen and oxygen atoms in total. The van der Waals surface area contributed by atoms with Gasteiger partial charge < -0.3 is 5.73 Å². The second-order valence-electron chi connectivity index (χ2n) is 5.65. The molecule has 20 heavy (non-hydrogen) atoms. The molecule has 6 heteroatoms. The van der Waals surface area contributed by atoms with Gasteiger partial charge in [-0.15, -0.1) is 0 Å². The summed E-state index contributed by atoms with van der Waals surface area (Å²) in [4.78, 5) is 5.28. The van der Waals surface area contributed by atoms with Crippen molar-refractivity contribution in [2.45, 2.75) is 51.7 Å². The average Bonchev–Trinajstić information content (AvgIpc) is 2.30. The van der Waals surface area contributed by atoms with E-state index in [4.69, 9.17) is 5.73 Å². The van der Waals surface area contributed by atoms with Crippen LogP contribution in [0, 0.1) is 0 Å². The Balaban J connectivity index is 2.77. The Labute approximate surface area is 118 Å². The fourth-order valence-electron chi connectivity index (χ4n) is 2.16. The third kappa shape index (κ3) is 5.25. The fourth-order valence-corrected chi connectivity index (χ4v) is 2.16. The molecule has 1 unspecified atom stereocenters. The van der Waals surface area contributed by atoms with Gasteiger partial charge >= 0.3 is 5.92 Å². The number of aliphatic imine (C=N–C) groups is 1. The molecule has 0 aromatic rings. The second-order valence-corrected chi connectivity index (χ2v) is 5.65. The van der Waals surface area contributed by atoms with Crippen LogP contribution in [0.1, 0.15) is 33.6 Å². The first-order valence-electron chi connectivity index (χ1n) is 6.93. The number of likely N-dealkylation sites (tertiary alicyclic amines) is 1. The van der Waals surface area contributed by atoms with Gasteiger partial charge in [0.15, 0.2) is 0 Å². The SMILES string of the molecule is CC(C)=CN=C(C(C)F)C(F)(F)CN1CCC(N)CC1. The minimum atomic E-state index is -3.26. The van der Waals surface area contributed by atoms with Crippen LogP contribution in [0.15, 0.2) is 16.8 Å². The maximum absolute atomic E-state index is 14.2. The third-order valence-corrected chi connectivity index (χ3v) is 3.27. The summed E-state index contributed by atoms with van der Waals surface area (Å²) >= 11 is 0. The molecular formula is C14H24F3N3. The molecule has 1 rings (SSSR count). The molecule has 1 saturated heterocycles. The van der Waals surface area contributed by atoms with Gasteiger partial charge in [0, 0.05) is 12.2 Å². The summed E-state index contributed by atoms with van der Waals surface area (Å²) in [5.41, 5.74) is 5.80. The molecule has 116 valence electrons. The van der Waals surface area contributed by atoms with Crippen LogP contribution in [-0.2, 0) is 0 Å². The van der Waals surface area contributed by atoms with E-state index in [-0.39, 0.29) is 6.04 Å². The lowest BCUT2D eigenvalue weighted by Gasteiger charge is -2.33. The number of nitrogens with two attached hydrogens (primary N) is 1. The van der Waals surface area contributed by atoms with Gasteiger partial charge in [-0.25, -0.2) is 4.39 Å². The molecule has 1 aliphatic rings. The van der Waals surface area contributed by atoms with E-state index in [1.165, 1.54) is 6.20 Å². The smallest absolute Gasteiger partial charge is 0.301 e. The van der Waals surface area contributed by atoms with Crippen molar-refractivity contribution in [3.63, 3.8) is 0 Å². The predicted molar refractivity (Wildman–Crippen MR) is 76.0 cm³/mol. The Morgan fingerprint density at radius 2 is 1.95 bits per heavy atom. The lowest BCUT2D eigenvalue weighted by molar-refractivity contribution is 0.0198. The van der Waals surface area contributed by atoms with E-state index in [0.717, 1.165) is 12.5 Å². The number of hydrogen-bond acceptors (Lipinski definition) is 3. The standard InChI is InChI=1S/C14H24F3N3/c1-10(2)8-19-13(11(3)15)14(16,17)9-20-6-4-12(18)5-7-20/h8,11-12H,4-7,9,18H2,1-3H3. The summed E-state index contributed by atoms with van der Waals surface area (Å²) in [7, 11) is 0. The van der Waals surface area contributed by atoms with Crippen molar-refractivity contribution in [2.24, 2.45) is 10.7 Å². The minimum Gasteiger partial charge on any atom is -0.328 e. The van der Waals surface area contributed by atoms with Gasteiger partial charge in [0.25, 0.3) is 0 Å². The predicted octanol–water partition coefficient (Wildman–Crippen LogP) is 2.77. The lowest BCUT2D eigenvalue weighted by Crippen LogP contribution is -2.49. The zero-order valence-corrected chi connectivity index (χ0v) is 12.4. The molecule has 0 bridgehead atoms. The molecule has 1 aliphatic heterocycles. The highest BCUT2D eigenvalue weighted by molar-refractivity contribution is 5.95. The number of nitrogens with zero attached hydrogens (tertiary/aromatic N) is 2. The molecular weight excluding hydrogens is 267 g/mol. The maximum Gasteiger partial charge on any atom is 0.301 e. The molecule has 1 fully saturated rings. The number of allylic oxidation sites excluding steroid dienone is 1. The van der Waals surface area contributed by atoms with Crippen LogP contribution < -0.4 is 5.73 Å². The van der Waals surface area contributed by atoms with Crippen LogP contribution in [-0.4, -0.2) is 48.4 Å². The van der Waals surface area contributed by atoms with Crippen LogP contribution in [0.5, 0.6) is 0 Å². The van der Waals surface area contributed by atoms with Crippen molar-refractivity contribution in [2.75, 3.05) is 19.6 Å². The maximum atomic E-state index is 14.2. The van der Waals surface area contributed by atoms with Crippen LogP contribution >= 0.6 is 0 Å². The van der Waals surface area contributed by atoms with Crippen molar-refractivity contribution in [3.05, 3.63) is 11.8 Å². The van der Waals surface area contributed by atoms with E-state index in [2.05, 4.69) is 4.99 Å². The Morgan fingerprint density at radius 3 is 2.40 bits per heavy atom. The van der Waals surface area contributed by atoms with Crippen LogP contribution in [0.4, 0.5) is 13.2 Å². The van der Waals surface area contributed by atoms with Crippen molar-refractivity contribution in [1.82, 2.24) is 4.90 Å². The van der Waals surface area contributed by atoms with Crippen LogP contribution in [0.2, 0.25) is 0 Å². The first-order chi connectivity index (χ1) is 9.22.